The van der Waals surface area contributed by atoms with Crippen molar-refractivity contribution >= 4 is 34.7 Å². The Bertz CT molecular complexity index is 1670. The molecule has 2 aromatic rings. The van der Waals surface area contributed by atoms with Crippen LogP contribution in [0.15, 0.2) is 36.4 Å². The summed E-state index contributed by atoms with van der Waals surface area (Å²) < 4.78 is 0. The van der Waals surface area contributed by atoms with Crippen LogP contribution < -0.4 is 0 Å². The number of benzene rings is 2. The van der Waals surface area contributed by atoms with Gasteiger partial charge in [0.2, 0.25) is 0 Å². The fraction of sp³-hybridized carbons (Fsp3) is 0.526. The highest BCUT2D eigenvalue weighted by atomic mass is 16.3. The molecule has 5 rings (SSSR count). The average Bonchev–Trinajstić information content (AvgIpc) is 2.94. The fourth-order valence-electron chi connectivity index (χ4n) is 9.06. The SMILES string of the molecule is CC(=O)C1C(=O)C(C(C)C)[C@@]2(C)C[C@@]3(C)Cc4c(-c5ccc(C(=O)CCCC(C)C)cc5)ccc(O)c4C(=O)C3C(=O)[C@@]2(O)C1=O. The van der Waals surface area contributed by atoms with Gasteiger partial charge < -0.3 is 10.2 Å². The fourth-order valence-corrected chi connectivity index (χ4v) is 9.06. The van der Waals surface area contributed by atoms with Gasteiger partial charge in [-0.25, -0.2) is 0 Å². The molecule has 0 aromatic heterocycles. The summed E-state index contributed by atoms with van der Waals surface area (Å²) >= 11 is 0. The predicted molar refractivity (Wildman–Crippen MR) is 171 cm³/mol. The normalized spacial score (nSPS) is 30.7. The van der Waals surface area contributed by atoms with Crippen LogP contribution in [0, 0.1) is 40.4 Å². The molecule has 3 aliphatic carbocycles. The zero-order chi connectivity index (χ0) is 34.1. The first kappa shape index (κ1) is 33.6. The van der Waals surface area contributed by atoms with E-state index in [1.54, 1.807) is 45.9 Å². The van der Waals surface area contributed by atoms with E-state index in [4.69, 9.17) is 0 Å². The van der Waals surface area contributed by atoms with E-state index < -0.39 is 69.0 Å². The molecule has 244 valence electrons. The van der Waals surface area contributed by atoms with Crippen molar-refractivity contribution in [3.05, 3.63) is 53.1 Å². The van der Waals surface area contributed by atoms with E-state index in [2.05, 4.69) is 13.8 Å². The number of carbonyl (C=O) groups is 6. The summed E-state index contributed by atoms with van der Waals surface area (Å²) in [4.78, 5) is 81.6. The first-order chi connectivity index (χ1) is 21.4. The van der Waals surface area contributed by atoms with Crippen LogP contribution in [0.5, 0.6) is 5.75 Å². The van der Waals surface area contributed by atoms with Crippen LogP contribution in [0.25, 0.3) is 11.1 Å². The van der Waals surface area contributed by atoms with Crippen LogP contribution in [0.3, 0.4) is 0 Å². The maximum absolute atomic E-state index is 14.5. The lowest BCUT2D eigenvalue weighted by molar-refractivity contribution is -0.205. The van der Waals surface area contributed by atoms with Crippen LogP contribution in [0.4, 0.5) is 0 Å². The van der Waals surface area contributed by atoms with Crippen LogP contribution in [-0.4, -0.2) is 50.5 Å². The van der Waals surface area contributed by atoms with Gasteiger partial charge in [-0.05, 0) is 66.2 Å². The Morgan fingerprint density at radius 2 is 1.57 bits per heavy atom. The van der Waals surface area contributed by atoms with Gasteiger partial charge in [0.25, 0.3) is 0 Å². The van der Waals surface area contributed by atoms with Crippen LogP contribution >= 0.6 is 0 Å². The minimum Gasteiger partial charge on any atom is -0.507 e. The summed E-state index contributed by atoms with van der Waals surface area (Å²) in [5.74, 6) is -8.63. The molecule has 2 aromatic carbocycles. The zero-order valence-electron chi connectivity index (χ0n) is 27.7. The van der Waals surface area contributed by atoms with E-state index in [1.165, 1.54) is 6.07 Å². The minimum absolute atomic E-state index is 0.0120. The van der Waals surface area contributed by atoms with Crippen molar-refractivity contribution in [1.82, 2.24) is 0 Å². The van der Waals surface area contributed by atoms with Gasteiger partial charge in [0, 0.05) is 23.3 Å². The lowest BCUT2D eigenvalue weighted by Crippen LogP contribution is -2.76. The van der Waals surface area contributed by atoms with E-state index in [0.29, 0.717) is 29.0 Å². The summed E-state index contributed by atoms with van der Waals surface area (Å²) in [5.41, 5.74) is -2.97. The van der Waals surface area contributed by atoms with Gasteiger partial charge in [0.05, 0.1) is 11.5 Å². The first-order valence-electron chi connectivity index (χ1n) is 16.3. The number of fused-ring (bicyclic) bond motifs is 3. The van der Waals surface area contributed by atoms with Crippen molar-refractivity contribution in [2.75, 3.05) is 0 Å². The highest BCUT2D eigenvalue weighted by Crippen LogP contribution is 2.64. The molecule has 46 heavy (non-hydrogen) atoms. The van der Waals surface area contributed by atoms with Gasteiger partial charge in [0.1, 0.15) is 17.5 Å². The van der Waals surface area contributed by atoms with E-state index in [9.17, 15) is 39.0 Å². The van der Waals surface area contributed by atoms with Gasteiger partial charge in [-0.1, -0.05) is 78.3 Å². The third-order valence-corrected chi connectivity index (χ3v) is 11.0. The molecule has 2 fully saturated rings. The number of aromatic hydroxyl groups is 1. The first-order valence-corrected chi connectivity index (χ1v) is 16.3. The molecule has 6 atom stereocenters. The monoisotopic (exact) mass is 628 g/mol. The van der Waals surface area contributed by atoms with Crippen LogP contribution in [0.2, 0.25) is 0 Å². The minimum atomic E-state index is -2.73. The molecular weight excluding hydrogens is 584 g/mol. The number of carbonyl (C=O) groups excluding carboxylic acids is 6. The van der Waals surface area contributed by atoms with Crippen molar-refractivity contribution in [3.63, 3.8) is 0 Å². The molecule has 2 N–H and O–H groups in total. The Labute approximate surface area is 270 Å². The largest absolute Gasteiger partial charge is 0.507 e. The Morgan fingerprint density at radius 3 is 2.13 bits per heavy atom. The summed E-state index contributed by atoms with van der Waals surface area (Å²) in [6.07, 6.45) is 2.37. The van der Waals surface area contributed by atoms with Crippen LogP contribution in [-0.2, 0) is 25.6 Å². The van der Waals surface area contributed by atoms with E-state index in [-0.39, 0.29) is 29.9 Å². The van der Waals surface area contributed by atoms with Gasteiger partial charge >= 0.3 is 0 Å². The molecule has 0 bridgehead atoms. The molecule has 0 heterocycles. The van der Waals surface area contributed by atoms with Crippen molar-refractivity contribution in [3.8, 4) is 16.9 Å². The number of hydrogen-bond acceptors (Lipinski definition) is 8. The van der Waals surface area contributed by atoms with E-state index in [0.717, 1.165) is 25.3 Å². The van der Waals surface area contributed by atoms with Gasteiger partial charge in [-0.3, -0.25) is 28.8 Å². The second kappa shape index (κ2) is 11.5. The molecule has 0 radical (unpaired) electrons. The van der Waals surface area contributed by atoms with Gasteiger partial charge in [0.15, 0.2) is 34.5 Å². The number of aliphatic hydroxyl groups is 1. The van der Waals surface area contributed by atoms with Crippen molar-refractivity contribution in [1.29, 1.82) is 0 Å². The smallest absolute Gasteiger partial charge is 0.190 e. The summed E-state index contributed by atoms with van der Waals surface area (Å²) in [6.45, 7) is 12.2. The number of ketones is 6. The maximum atomic E-state index is 14.5. The lowest BCUT2D eigenvalue weighted by Gasteiger charge is -2.61. The molecule has 2 saturated carbocycles. The summed E-state index contributed by atoms with van der Waals surface area (Å²) in [7, 11) is 0. The predicted octanol–water partition coefficient (Wildman–Crippen LogP) is 5.77. The molecule has 0 amide bonds. The highest BCUT2D eigenvalue weighted by Gasteiger charge is 2.76. The van der Waals surface area contributed by atoms with Gasteiger partial charge in [-0.2, -0.15) is 0 Å². The topological polar surface area (TPSA) is 143 Å². The summed E-state index contributed by atoms with van der Waals surface area (Å²) in [5, 5.41) is 23.1. The number of hydrogen-bond donors (Lipinski definition) is 2. The Morgan fingerprint density at radius 1 is 0.935 bits per heavy atom. The van der Waals surface area contributed by atoms with Crippen LogP contribution in [0.1, 0.15) is 100 Å². The molecule has 0 saturated heterocycles. The highest BCUT2D eigenvalue weighted by molar-refractivity contribution is 6.32. The molecule has 8 heteroatoms. The second-order valence-electron chi connectivity index (χ2n) is 15.1. The second-order valence-corrected chi connectivity index (χ2v) is 15.1. The molecule has 0 aliphatic heterocycles. The van der Waals surface area contributed by atoms with E-state index in [1.807, 2.05) is 12.1 Å². The standard InChI is InChI=1S/C38H44O8/c1-19(2)9-8-10-26(40)23-13-11-22(12-14-23)24-15-16-27(41)29-25(24)17-36(6)18-37(7)30(20(3)4)32(42)28(21(5)39)34(44)38(37,46)35(45)31(36)33(29)43/h11-16,19-20,28,30-31,41,46H,8-10,17-18H2,1-7H3/t28?,30?,31?,36-,37-,38+/m1/s1. The molecular formula is C38H44O8. The van der Waals surface area contributed by atoms with Crippen molar-refractivity contribution in [2.45, 2.75) is 86.2 Å². The number of Topliss-reactive ketones (excluding diaryl/α,β-unsaturated/α-hetero) is 6. The average molecular weight is 629 g/mol. The number of rotatable bonds is 8. The third kappa shape index (κ3) is 4.83. The maximum Gasteiger partial charge on any atom is 0.190 e. The Hall–Kier alpha value is -3.78. The molecule has 0 spiro atoms. The van der Waals surface area contributed by atoms with Crippen molar-refractivity contribution < 1.29 is 39.0 Å². The quantitative estimate of drug-likeness (QED) is 0.277. The lowest BCUT2D eigenvalue weighted by atomic mass is 9.40. The molecule has 3 unspecified atom stereocenters. The summed E-state index contributed by atoms with van der Waals surface area (Å²) in [6, 6.07) is 10.2. The third-order valence-electron chi connectivity index (χ3n) is 11.0. The van der Waals surface area contributed by atoms with Gasteiger partial charge in [-0.15, -0.1) is 0 Å². The molecule has 8 nitrogen and oxygen atoms in total. The van der Waals surface area contributed by atoms with E-state index >= 15 is 0 Å². The van der Waals surface area contributed by atoms with Crippen molar-refractivity contribution in [2.24, 2.45) is 40.4 Å². The number of phenols is 1. The zero-order valence-corrected chi connectivity index (χ0v) is 27.7. The molecule has 3 aliphatic rings. The number of phenolic OH excluding ortho intramolecular Hbond substituents is 1. The Balaban J connectivity index is 1.60. The Kier molecular flexibility index (Phi) is 8.38.